The third kappa shape index (κ3) is 2.84. The molecule has 2 rings (SSSR count). The molecule has 2 unspecified atom stereocenters. The highest BCUT2D eigenvalue weighted by molar-refractivity contribution is 5.48. The molecular formula is C12H20N4. The van der Waals surface area contributed by atoms with Crippen LogP contribution in [-0.4, -0.2) is 22.6 Å². The molecule has 1 saturated carbocycles. The van der Waals surface area contributed by atoms with E-state index in [1.807, 2.05) is 13.0 Å². The van der Waals surface area contributed by atoms with Crippen LogP contribution >= 0.6 is 0 Å². The van der Waals surface area contributed by atoms with Crippen LogP contribution in [0, 0.1) is 12.8 Å². The standard InChI is InChI=1S/C12H20N4/c1-4-5-13-11-7-12(15-9(3)14-11)16-10-6-8(10)2/h7-8,10H,4-6H2,1-3H3,(H2,13,14,15,16). The van der Waals surface area contributed by atoms with Gasteiger partial charge in [0, 0.05) is 18.7 Å². The van der Waals surface area contributed by atoms with Crippen LogP contribution < -0.4 is 10.6 Å². The molecule has 1 aromatic rings. The highest BCUT2D eigenvalue weighted by atomic mass is 15.1. The summed E-state index contributed by atoms with van der Waals surface area (Å²) in [4.78, 5) is 8.75. The van der Waals surface area contributed by atoms with Crippen LogP contribution in [0.5, 0.6) is 0 Å². The van der Waals surface area contributed by atoms with Crippen molar-refractivity contribution >= 4 is 11.6 Å². The number of hydrogen-bond donors (Lipinski definition) is 2. The maximum atomic E-state index is 4.39. The number of nitrogens with zero attached hydrogens (tertiary/aromatic N) is 2. The third-order valence-corrected chi connectivity index (χ3v) is 2.84. The molecule has 1 fully saturated rings. The largest absolute Gasteiger partial charge is 0.370 e. The van der Waals surface area contributed by atoms with E-state index in [9.17, 15) is 0 Å². The normalized spacial score (nSPS) is 22.9. The number of aryl methyl sites for hydroxylation is 1. The Balaban J connectivity index is 2.03. The smallest absolute Gasteiger partial charge is 0.132 e. The second-order valence-electron chi connectivity index (χ2n) is 4.58. The lowest BCUT2D eigenvalue weighted by atomic mass is 10.4. The van der Waals surface area contributed by atoms with Gasteiger partial charge in [0.1, 0.15) is 17.5 Å². The summed E-state index contributed by atoms with van der Waals surface area (Å²) in [7, 11) is 0. The van der Waals surface area contributed by atoms with Crippen molar-refractivity contribution in [2.75, 3.05) is 17.2 Å². The number of anilines is 2. The fraction of sp³-hybridized carbons (Fsp3) is 0.667. The molecule has 2 N–H and O–H groups in total. The van der Waals surface area contributed by atoms with E-state index in [0.717, 1.165) is 36.3 Å². The molecule has 0 saturated heterocycles. The molecule has 2 atom stereocenters. The first kappa shape index (κ1) is 11.2. The van der Waals surface area contributed by atoms with Gasteiger partial charge in [-0.3, -0.25) is 0 Å². The van der Waals surface area contributed by atoms with Gasteiger partial charge in [0.05, 0.1) is 0 Å². The minimum atomic E-state index is 0.605. The fourth-order valence-corrected chi connectivity index (χ4v) is 1.70. The van der Waals surface area contributed by atoms with E-state index < -0.39 is 0 Å². The average molecular weight is 220 g/mol. The Kier molecular flexibility index (Phi) is 3.27. The summed E-state index contributed by atoms with van der Waals surface area (Å²) in [6.07, 6.45) is 2.35. The van der Waals surface area contributed by atoms with Gasteiger partial charge in [-0.25, -0.2) is 9.97 Å². The lowest BCUT2D eigenvalue weighted by Crippen LogP contribution is -2.09. The minimum absolute atomic E-state index is 0.605. The quantitative estimate of drug-likeness (QED) is 0.800. The maximum Gasteiger partial charge on any atom is 0.132 e. The Morgan fingerprint density at radius 1 is 1.38 bits per heavy atom. The van der Waals surface area contributed by atoms with Crippen molar-refractivity contribution in [3.63, 3.8) is 0 Å². The molecule has 0 spiro atoms. The summed E-state index contributed by atoms with van der Waals surface area (Å²) in [6, 6.07) is 2.60. The Hall–Kier alpha value is -1.32. The Labute approximate surface area is 96.9 Å². The van der Waals surface area contributed by atoms with Crippen LogP contribution in [-0.2, 0) is 0 Å². The molecule has 88 valence electrons. The first-order chi connectivity index (χ1) is 7.69. The summed E-state index contributed by atoms with van der Waals surface area (Å²) in [5.41, 5.74) is 0. The number of rotatable bonds is 5. The molecule has 1 aliphatic carbocycles. The zero-order chi connectivity index (χ0) is 11.5. The van der Waals surface area contributed by atoms with E-state index in [0.29, 0.717) is 6.04 Å². The predicted molar refractivity (Wildman–Crippen MR) is 66.7 cm³/mol. The van der Waals surface area contributed by atoms with Gasteiger partial charge >= 0.3 is 0 Å². The Bertz CT molecular complexity index is 364. The maximum absolute atomic E-state index is 4.39. The Morgan fingerprint density at radius 2 is 2.06 bits per heavy atom. The van der Waals surface area contributed by atoms with Crippen molar-refractivity contribution in [1.29, 1.82) is 0 Å². The lowest BCUT2D eigenvalue weighted by Gasteiger charge is -2.09. The second kappa shape index (κ2) is 4.68. The molecule has 1 aromatic heterocycles. The number of nitrogens with one attached hydrogen (secondary N) is 2. The van der Waals surface area contributed by atoms with Crippen molar-refractivity contribution in [3.8, 4) is 0 Å². The summed E-state index contributed by atoms with van der Waals surface area (Å²) in [5.74, 6) is 3.46. The van der Waals surface area contributed by atoms with E-state index in [1.54, 1.807) is 0 Å². The number of hydrogen-bond acceptors (Lipinski definition) is 4. The third-order valence-electron chi connectivity index (χ3n) is 2.84. The van der Waals surface area contributed by atoms with Crippen LogP contribution in [0.3, 0.4) is 0 Å². The molecule has 0 radical (unpaired) electrons. The van der Waals surface area contributed by atoms with Crippen molar-refractivity contribution in [2.45, 2.75) is 39.7 Å². The first-order valence-electron chi connectivity index (χ1n) is 6.05. The van der Waals surface area contributed by atoms with Gasteiger partial charge in [0.2, 0.25) is 0 Å². The monoisotopic (exact) mass is 220 g/mol. The van der Waals surface area contributed by atoms with E-state index >= 15 is 0 Å². The van der Waals surface area contributed by atoms with Crippen LogP contribution in [0.25, 0.3) is 0 Å². The van der Waals surface area contributed by atoms with Crippen molar-refractivity contribution in [3.05, 3.63) is 11.9 Å². The molecular weight excluding hydrogens is 200 g/mol. The van der Waals surface area contributed by atoms with Crippen molar-refractivity contribution in [2.24, 2.45) is 5.92 Å². The molecule has 0 amide bonds. The van der Waals surface area contributed by atoms with Crippen molar-refractivity contribution < 1.29 is 0 Å². The van der Waals surface area contributed by atoms with E-state index in [2.05, 4.69) is 34.4 Å². The summed E-state index contributed by atoms with van der Waals surface area (Å²) in [6.45, 7) is 7.28. The lowest BCUT2D eigenvalue weighted by molar-refractivity contribution is 0.913. The molecule has 4 heteroatoms. The van der Waals surface area contributed by atoms with Crippen LogP contribution in [0.1, 0.15) is 32.5 Å². The Morgan fingerprint density at radius 3 is 2.69 bits per heavy atom. The highest BCUT2D eigenvalue weighted by Crippen LogP contribution is 2.32. The molecule has 0 aromatic carbocycles. The van der Waals surface area contributed by atoms with E-state index in [-0.39, 0.29) is 0 Å². The minimum Gasteiger partial charge on any atom is -0.370 e. The zero-order valence-electron chi connectivity index (χ0n) is 10.2. The average Bonchev–Trinajstić information content (AvgIpc) is 2.90. The molecule has 1 heterocycles. The molecule has 16 heavy (non-hydrogen) atoms. The van der Waals surface area contributed by atoms with Gasteiger partial charge < -0.3 is 10.6 Å². The van der Waals surface area contributed by atoms with Gasteiger partial charge in [-0.15, -0.1) is 0 Å². The van der Waals surface area contributed by atoms with E-state index in [4.69, 9.17) is 0 Å². The summed E-state index contributed by atoms with van der Waals surface area (Å²) in [5, 5.41) is 6.72. The first-order valence-corrected chi connectivity index (χ1v) is 6.05. The van der Waals surface area contributed by atoms with Gasteiger partial charge in [0.15, 0.2) is 0 Å². The molecule has 1 aliphatic rings. The van der Waals surface area contributed by atoms with Gasteiger partial charge in [-0.1, -0.05) is 13.8 Å². The molecule has 4 nitrogen and oxygen atoms in total. The number of aromatic nitrogens is 2. The predicted octanol–water partition coefficient (Wildman–Crippen LogP) is 2.43. The molecule has 0 bridgehead atoms. The molecule has 0 aliphatic heterocycles. The second-order valence-corrected chi connectivity index (χ2v) is 4.58. The van der Waals surface area contributed by atoms with Gasteiger partial charge in [-0.2, -0.15) is 0 Å². The van der Waals surface area contributed by atoms with E-state index in [1.165, 1.54) is 6.42 Å². The van der Waals surface area contributed by atoms with Gasteiger partial charge in [0.25, 0.3) is 0 Å². The van der Waals surface area contributed by atoms with Crippen molar-refractivity contribution in [1.82, 2.24) is 9.97 Å². The van der Waals surface area contributed by atoms with Crippen LogP contribution in [0.15, 0.2) is 6.07 Å². The topological polar surface area (TPSA) is 49.8 Å². The SMILES string of the molecule is CCCNc1cc(NC2CC2C)nc(C)n1. The zero-order valence-corrected chi connectivity index (χ0v) is 10.2. The highest BCUT2D eigenvalue weighted by Gasteiger charge is 2.32. The van der Waals surface area contributed by atoms with Gasteiger partial charge in [-0.05, 0) is 25.7 Å². The van der Waals surface area contributed by atoms with Crippen LogP contribution in [0.4, 0.5) is 11.6 Å². The van der Waals surface area contributed by atoms with Crippen LogP contribution in [0.2, 0.25) is 0 Å². The fourth-order valence-electron chi connectivity index (χ4n) is 1.70. The summed E-state index contributed by atoms with van der Waals surface area (Å²) >= 11 is 0. The summed E-state index contributed by atoms with van der Waals surface area (Å²) < 4.78 is 0.